The SMILES string of the molecule is CCCC(CC)C(CC)CCCC(N=C=O)N=C=O. The van der Waals surface area contributed by atoms with Crippen LogP contribution in [0.25, 0.3) is 0 Å². The van der Waals surface area contributed by atoms with Gasteiger partial charge in [0.05, 0.1) is 0 Å². The van der Waals surface area contributed by atoms with E-state index in [9.17, 15) is 9.59 Å². The number of rotatable bonds is 11. The quantitative estimate of drug-likeness (QED) is 0.419. The van der Waals surface area contributed by atoms with Gasteiger partial charge < -0.3 is 0 Å². The molecule has 0 aromatic heterocycles. The maximum Gasteiger partial charge on any atom is 0.237 e. The van der Waals surface area contributed by atoms with Crippen molar-refractivity contribution in [3.05, 3.63) is 0 Å². The highest BCUT2D eigenvalue weighted by Crippen LogP contribution is 2.28. The first-order valence-electron chi connectivity index (χ1n) is 7.37. The Labute approximate surface area is 116 Å². The molecular weight excluding hydrogens is 240 g/mol. The molecule has 0 saturated heterocycles. The summed E-state index contributed by atoms with van der Waals surface area (Å²) in [6, 6.07) is 0. The number of carbonyl (C=O) groups excluding carboxylic acids is 2. The van der Waals surface area contributed by atoms with Gasteiger partial charge in [-0.25, -0.2) is 9.59 Å². The molecule has 0 N–H and O–H groups in total. The summed E-state index contributed by atoms with van der Waals surface area (Å²) in [5.41, 5.74) is 0. The molecule has 0 spiro atoms. The van der Waals surface area contributed by atoms with E-state index in [1.165, 1.54) is 37.8 Å². The number of nitrogens with zero attached hydrogens (tertiary/aromatic N) is 2. The topological polar surface area (TPSA) is 58.9 Å². The summed E-state index contributed by atoms with van der Waals surface area (Å²) in [4.78, 5) is 27.4. The predicted octanol–water partition coefficient (Wildman–Crippen LogP) is 4.01. The highest BCUT2D eigenvalue weighted by molar-refractivity contribution is 5.36. The summed E-state index contributed by atoms with van der Waals surface area (Å²) in [7, 11) is 0. The van der Waals surface area contributed by atoms with Gasteiger partial charge in [0.15, 0.2) is 6.17 Å². The average molecular weight is 266 g/mol. The van der Waals surface area contributed by atoms with Crippen LogP contribution in [-0.2, 0) is 9.59 Å². The molecule has 2 unspecified atom stereocenters. The molecule has 0 aliphatic heterocycles. The first-order valence-corrected chi connectivity index (χ1v) is 7.37. The van der Waals surface area contributed by atoms with Crippen LogP contribution in [0.4, 0.5) is 0 Å². The minimum atomic E-state index is -0.584. The van der Waals surface area contributed by atoms with Gasteiger partial charge in [-0.15, -0.1) is 0 Å². The second-order valence-corrected chi connectivity index (χ2v) is 4.98. The molecule has 0 aromatic rings. The van der Waals surface area contributed by atoms with Gasteiger partial charge in [-0.3, -0.25) is 0 Å². The van der Waals surface area contributed by atoms with Crippen LogP contribution in [0.3, 0.4) is 0 Å². The van der Waals surface area contributed by atoms with Gasteiger partial charge in [0.2, 0.25) is 12.2 Å². The molecule has 0 heterocycles. The number of hydrogen-bond donors (Lipinski definition) is 0. The summed E-state index contributed by atoms with van der Waals surface area (Å²) >= 11 is 0. The lowest BCUT2D eigenvalue weighted by Gasteiger charge is -2.25. The predicted molar refractivity (Wildman–Crippen MR) is 76.4 cm³/mol. The lowest BCUT2D eigenvalue weighted by molar-refractivity contribution is 0.267. The molecule has 0 bridgehead atoms. The summed E-state index contributed by atoms with van der Waals surface area (Å²) in [6.45, 7) is 6.70. The fourth-order valence-corrected chi connectivity index (χ4v) is 2.76. The van der Waals surface area contributed by atoms with E-state index >= 15 is 0 Å². The van der Waals surface area contributed by atoms with E-state index in [0.29, 0.717) is 12.3 Å². The third-order valence-electron chi connectivity index (χ3n) is 3.82. The molecule has 0 radical (unpaired) electrons. The Morgan fingerprint density at radius 3 is 1.79 bits per heavy atom. The first kappa shape index (κ1) is 17.8. The van der Waals surface area contributed by atoms with Gasteiger partial charge >= 0.3 is 0 Å². The van der Waals surface area contributed by atoms with Crippen LogP contribution in [0.1, 0.15) is 65.7 Å². The van der Waals surface area contributed by atoms with Crippen molar-refractivity contribution < 1.29 is 9.59 Å². The smallest absolute Gasteiger partial charge is 0.211 e. The molecule has 0 rings (SSSR count). The molecule has 0 amide bonds. The van der Waals surface area contributed by atoms with Crippen molar-refractivity contribution >= 4 is 12.2 Å². The van der Waals surface area contributed by atoms with Crippen LogP contribution in [0.5, 0.6) is 0 Å². The Morgan fingerprint density at radius 1 is 0.842 bits per heavy atom. The van der Waals surface area contributed by atoms with Crippen LogP contribution in [0.2, 0.25) is 0 Å². The van der Waals surface area contributed by atoms with Crippen LogP contribution in [0, 0.1) is 11.8 Å². The second kappa shape index (κ2) is 11.8. The minimum Gasteiger partial charge on any atom is -0.211 e. The van der Waals surface area contributed by atoms with Crippen molar-refractivity contribution in [1.82, 2.24) is 0 Å². The van der Waals surface area contributed by atoms with Crippen LogP contribution in [0.15, 0.2) is 9.98 Å². The summed E-state index contributed by atoms with van der Waals surface area (Å²) in [5, 5.41) is 0. The molecule has 0 fully saturated rings. The van der Waals surface area contributed by atoms with E-state index in [1.54, 1.807) is 0 Å². The third kappa shape index (κ3) is 7.71. The molecule has 0 aliphatic rings. The van der Waals surface area contributed by atoms with Crippen LogP contribution >= 0.6 is 0 Å². The monoisotopic (exact) mass is 266 g/mol. The van der Waals surface area contributed by atoms with Gasteiger partial charge in [-0.05, 0) is 24.7 Å². The standard InChI is InChI=1S/C15H26N2O2/c1-4-8-13(5-2)14(6-3)9-7-10-15(16-11-18)17-12-19/h13-15H,4-10H2,1-3H3. The first-order chi connectivity index (χ1) is 9.23. The zero-order valence-corrected chi connectivity index (χ0v) is 12.4. The fraction of sp³-hybridized carbons (Fsp3) is 0.867. The molecule has 0 aliphatic carbocycles. The van der Waals surface area contributed by atoms with Gasteiger partial charge in [0, 0.05) is 0 Å². The normalized spacial score (nSPS) is 14.9. The number of hydrogen-bond acceptors (Lipinski definition) is 4. The van der Waals surface area contributed by atoms with Crippen molar-refractivity contribution in [2.75, 3.05) is 0 Å². The van der Waals surface area contributed by atoms with E-state index in [2.05, 4.69) is 30.8 Å². The highest BCUT2D eigenvalue weighted by Gasteiger charge is 2.17. The maximum atomic E-state index is 10.2. The largest absolute Gasteiger partial charge is 0.237 e. The fourth-order valence-electron chi connectivity index (χ4n) is 2.76. The van der Waals surface area contributed by atoms with E-state index < -0.39 is 6.17 Å². The van der Waals surface area contributed by atoms with Crippen molar-refractivity contribution in [1.29, 1.82) is 0 Å². The molecule has 0 saturated carbocycles. The molecule has 108 valence electrons. The molecular formula is C15H26N2O2. The molecule has 2 atom stereocenters. The Bertz CT molecular complexity index is 300. The van der Waals surface area contributed by atoms with Gasteiger partial charge in [-0.2, -0.15) is 9.98 Å². The molecule has 4 heteroatoms. The number of isocyanates is 2. The molecule has 0 aromatic carbocycles. The lowest BCUT2D eigenvalue weighted by Crippen LogP contribution is -2.14. The number of aliphatic imine (C=N–C) groups is 2. The molecule has 19 heavy (non-hydrogen) atoms. The van der Waals surface area contributed by atoms with E-state index in [1.807, 2.05) is 0 Å². The van der Waals surface area contributed by atoms with E-state index in [-0.39, 0.29) is 0 Å². The second-order valence-electron chi connectivity index (χ2n) is 4.98. The van der Waals surface area contributed by atoms with Crippen molar-refractivity contribution in [3.8, 4) is 0 Å². The lowest BCUT2D eigenvalue weighted by atomic mass is 9.81. The summed E-state index contributed by atoms with van der Waals surface area (Å²) in [6.07, 6.45) is 9.90. The van der Waals surface area contributed by atoms with E-state index in [0.717, 1.165) is 18.8 Å². The Kier molecular flexibility index (Phi) is 11.1. The minimum absolute atomic E-state index is 0.584. The Balaban J connectivity index is 4.25. The van der Waals surface area contributed by atoms with E-state index in [4.69, 9.17) is 0 Å². The van der Waals surface area contributed by atoms with Gasteiger partial charge in [0.1, 0.15) is 0 Å². The Hall–Kier alpha value is -1.24. The van der Waals surface area contributed by atoms with Crippen LogP contribution in [-0.4, -0.2) is 18.3 Å². The maximum absolute atomic E-state index is 10.2. The van der Waals surface area contributed by atoms with Crippen molar-refractivity contribution in [3.63, 3.8) is 0 Å². The summed E-state index contributed by atoms with van der Waals surface area (Å²) in [5.74, 6) is 1.49. The zero-order valence-electron chi connectivity index (χ0n) is 12.4. The van der Waals surface area contributed by atoms with Crippen molar-refractivity contribution in [2.24, 2.45) is 21.8 Å². The highest BCUT2D eigenvalue weighted by atomic mass is 16.1. The zero-order chi connectivity index (χ0) is 14.5. The average Bonchev–Trinajstić information content (AvgIpc) is 2.42. The summed E-state index contributed by atoms with van der Waals surface area (Å²) < 4.78 is 0. The molecule has 4 nitrogen and oxygen atoms in total. The van der Waals surface area contributed by atoms with Crippen molar-refractivity contribution in [2.45, 2.75) is 71.9 Å². The Morgan fingerprint density at radius 2 is 1.37 bits per heavy atom. The van der Waals surface area contributed by atoms with Gasteiger partial charge in [-0.1, -0.05) is 52.9 Å². The third-order valence-corrected chi connectivity index (χ3v) is 3.82. The van der Waals surface area contributed by atoms with Crippen LogP contribution < -0.4 is 0 Å². The van der Waals surface area contributed by atoms with Gasteiger partial charge in [0.25, 0.3) is 0 Å².